The van der Waals surface area contributed by atoms with E-state index in [-0.39, 0.29) is 6.54 Å². The van der Waals surface area contributed by atoms with Crippen LogP contribution in [0.25, 0.3) is 0 Å². The number of ether oxygens (including phenoxy) is 2. The Morgan fingerprint density at radius 1 is 1.12 bits per heavy atom. The molecule has 1 heterocycles. The van der Waals surface area contributed by atoms with Crippen molar-refractivity contribution >= 4 is 38.9 Å². The van der Waals surface area contributed by atoms with Crippen LogP contribution in [0, 0.1) is 0 Å². The number of benzene rings is 2. The Kier molecular flexibility index (Phi) is 5.24. The molecule has 0 unspecified atom stereocenters. The van der Waals surface area contributed by atoms with E-state index in [9.17, 15) is 13.2 Å². The molecule has 0 bridgehead atoms. The van der Waals surface area contributed by atoms with Crippen LogP contribution in [0.15, 0.2) is 42.5 Å². The van der Waals surface area contributed by atoms with Gasteiger partial charge in [0.15, 0.2) is 11.5 Å². The molecule has 3 rings (SSSR count). The number of hydrogen-bond donors (Lipinski definition) is 1. The normalized spacial score (nSPS) is 13.2. The fraction of sp³-hybridized carbons (Fsp3) is 0.235. The van der Waals surface area contributed by atoms with Gasteiger partial charge in [-0.05, 0) is 36.4 Å². The SMILES string of the molecule is CS(=O)(=O)N(CC(=O)Nc1ccc2c(c1)OCCO2)c1ccc(Cl)cc1. The van der Waals surface area contributed by atoms with Crippen LogP contribution in [0.2, 0.25) is 5.02 Å². The van der Waals surface area contributed by atoms with Gasteiger partial charge < -0.3 is 14.8 Å². The first-order valence-corrected chi connectivity index (χ1v) is 9.98. The number of sulfonamides is 1. The minimum atomic E-state index is -3.65. The zero-order valence-corrected chi connectivity index (χ0v) is 15.5. The summed E-state index contributed by atoms with van der Waals surface area (Å²) in [4.78, 5) is 12.4. The average molecular weight is 397 g/mol. The molecule has 0 aliphatic carbocycles. The van der Waals surface area contributed by atoms with Crippen LogP contribution < -0.4 is 19.1 Å². The van der Waals surface area contributed by atoms with Crippen molar-refractivity contribution in [3.8, 4) is 11.5 Å². The summed E-state index contributed by atoms with van der Waals surface area (Å²) in [6.07, 6.45) is 1.04. The molecule has 2 aromatic rings. The number of fused-ring (bicyclic) bond motifs is 1. The summed E-state index contributed by atoms with van der Waals surface area (Å²) in [5.41, 5.74) is 0.845. The molecule has 0 radical (unpaired) electrons. The maximum Gasteiger partial charge on any atom is 0.245 e. The van der Waals surface area contributed by atoms with E-state index in [1.54, 1.807) is 42.5 Å². The van der Waals surface area contributed by atoms with Crippen LogP contribution in [0.5, 0.6) is 11.5 Å². The third-order valence-corrected chi connectivity index (χ3v) is 5.02. The monoisotopic (exact) mass is 396 g/mol. The first kappa shape index (κ1) is 18.3. The summed E-state index contributed by atoms with van der Waals surface area (Å²) in [7, 11) is -3.65. The molecular weight excluding hydrogens is 380 g/mol. The van der Waals surface area contributed by atoms with Gasteiger partial charge in [0, 0.05) is 16.8 Å². The van der Waals surface area contributed by atoms with Gasteiger partial charge in [-0.3, -0.25) is 9.10 Å². The third-order valence-electron chi connectivity index (χ3n) is 3.63. The quantitative estimate of drug-likeness (QED) is 0.839. The van der Waals surface area contributed by atoms with Gasteiger partial charge in [-0.1, -0.05) is 11.6 Å². The molecule has 1 amide bonds. The Bertz CT molecular complexity index is 915. The second-order valence-corrected chi connectivity index (χ2v) is 8.00. The summed E-state index contributed by atoms with van der Waals surface area (Å²) in [6.45, 7) is 0.543. The molecule has 9 heteroatoms. The van der Waals surface area contributed by atoms with Crippen LogP contribution in [0.3, 0.4) is 0 Å². The molecule has 1 aliphatic rings. The molecule has 0 atom stereocenters. The van der Waals surface area contributed by atoms with Gasteiger partial charge in [0.1, 0.15) is 19.8 Å². The Hall–Kier alpha value is -2.45. The van der Waals surface area contributed by atoms with E-state index >= 15 is 0 Å². The Balaban J connectivity index is 1.75. The van der Waals surface area contributed by atoms with Gasteiger partial charge >= 0.3 is 0 Å². The molecule has 26 heavy (non-hydrogen) atoms. The summed E-state index contributed by atoms with van der Waals surface area (Å²) >= 11 is 5.83. The summed E-state index contributed by atoms with van der Waals surface area (Å²) in [5.74, 6) is 0.655. The molecular formula is C17H17ClN2O5S. The molecule has 1 N–H and O–H groups in total. The van der Waals surface area contributed by atoms with Gasteiger partial charge in [0.2, 0.25) is 15.9 Å². The third kappa shape index (κ3) is 4.39. The zero-order chi connectivity index (χ0) is 18.7. The largest absolute Gasteiger partial charge is 0.486 e. The van der Waals surface area contributed by atoms with Crippen LogP contribution in [-0.4, -0.2) is 40.3 Å². The van der Waals surface area contributed by atoms with E-state index in [0.29, 0.717) is 41.1 Å². The molecule has 0 saturated carbocycles. The first-order valence-electron chi connectivity index (χ1n) is 7.76. The number of nitrogens with zero attached hydrogens (tertiary/aromatic N) is 1. The number of halogens is 1. The van der Waals surface area contributed by atoms with E-state index in [2.05, 4.69) is 5.32 Å². The van der Waals surface area contributed by atoms with Crippen LogP contribution in [-0.2, 0) is 14.8 Å². The minimum Gasteiger partial charge on any atom is -0.486 e. The van der Waals surface area contributed by atoms with Crippen LogP contribution >= 0.6 is 11.6 Å². The number of amides is 1. The van der Waals surface area contributed by atoms with E-state index in [1.807, 2.05) is 0 Å². The lowest BCUT2D eigenvalue weighted by Gasteiger charge is -2.22. The first-order chi connectivity index (χ1) is 12.3. The highest BCUT2D eigenvalue weighted by molar-refractivity contribution is 7.92. The van der Waals surface area contributed by atoms with E-state index in [1.165, 1.54) is 0 Å². The highest BCUT2D eigenvalue weighted by Crippen LogP contribution is 2.32. The average Bonchev–Trinajstić information content (AvgIpc) is 2.59. The molecule has 0 aromatic heterocycles. The second kappa shape index (κ2) is 7.43. The molecule has 2 aromatic carbocycles. The number of carbonyl (C=O) groups excluding carboxylic acids is 1. The second-order valence-electron chi connectivity index (χ2n) is 5.65. The smallest absolute Gasteiger partial charge is 0.245 e. The summed E-state index contributed by atoms with van der Waals surface area (Å²) in [5, 5.41) is 3.14. The lowest BCUT2D eigenvalue weighted by Crippen LogP contribution is -2.37. The predicted octanol–water partition coefficient (Wildman–Crippen LogP) is 2.52. The van der Waals surface area contributed by atoms with E-state index in [0.717, 1.165) is 10.6 Å². The Labute approximate surface area is 156 Å². The molecule has 0 fully saturated rings. The van der Waals surface area contributed by atoms with Crippen molar-refractivity contribution in [1.29, 1.82) is 0 Å². The lowest BCUT2D eigenvalue weighted by molar-refractivity contribution is -0.114. The number of carbonyl (C=O) groups is 1. The number of hydrogen-bond acceptors (Lipinski definition) is 5. The lowest BCUT2D eigenvalue weighted by atomic mass is 10.2. The zero-order valence-electron chi connectivity index (χ0n) is 13.9. The molecule has 0 spiro atoms. The summed E-state index contributed by atoms with van der Waals surface area (Å²) < 4.78 is 36.0. The fourth-order valence-corrected chi connectivity index (χ4v) is 3.44. The van der Waals surface area contributed by atoms with E-state index in [4.69, 9.17) is 21.1 Å². The highest BCUT2D eigenvalue weighted by atomic mass is 35.5. The fourth-order valence-electron chi connectivity index (χ4n) is 2.46. The van der Waals surface area contributed by atoms with Crippen molar-refractivity contribution in [3.63, 3.8) is 0 Å². The number of nitrogens with one attached hydrogen (secondary N) is 1. The van der Waals surface area contributed by atoms with Crippen LogP contribution in [0.1, 0.15) is 0 Å². The van der Waals surface area contributed by atoms with Crippen molar-refractivity contribution in [2.24, 2.45) is 0 Å². The molecule has 138 valence electrons. The molecule has 7 nitrogen and oxygen atoms in total. The maximum absolute atomic E-state index is 12.4. The van der Waals surface area contributed by atoms with Gasteiger partial charge in [-0.2, -0.15) is 0 Å². The molecule has 0 saturated heterocycles. The number of anilines is 2. The van der Waals surface area contributed by atoms with Gasteiger partial charge in [0.05, 0.1) is 11.9 Å². The Morgan fingerprint density at radius 2 is 1.77 bits per heavy atom. The van der Waals surface area contributed by atoms with Gasteiger partial charge in [-0.15, -0.1) is 0 Å². The summed E-state index contributed by atoms with van der Waals surface area (Å²) in [6, 6.07) is 11.2. The minimum absolute atomic E-state index is 0.356. The van der Waals surface area contributed by atoms with E-state index < -0.39 is 15.9 Å². The van der Waals surface area contributed by atoms with Crippen molar-refractivity contribution in [2.45, 2.75) is 0 Å². The standard InChI is InChI=1S/C17H17ClN2O5S/c1-26(22,23)20(14-5-2-12(18)3-6-14)11-17(21)19-13-4-7-15-16(10-13)25-9-8-24-15/h2-7,10H,8-9,11H2,1H3,(H,19,21). The Morgan fingerprint density at radius 3 is 2.42 bits per heavy atom. The van der Waals surface area contributed by atoms with Crippen molar-refractivity contribution in [2.75, 3.05) is 35.6 Å². The van der Waals surface area contributed by atoms with Gasteiger partial charge in [0.25, 0.3) is 0 Å². The maximum atomic E-state index is 12.4. The van der Waals surface area contributed by atoms with Crippen molar-refractivity contribution < 1.29 is 22.7 Å². The number of rotatable bonds is 5. The predicted molar refractivity (Wildman–Crippen MR) is 99.7 cm³/mol. The topological polar surface area (TPSA) is 84.9 Å². The highest BCUT2D eigenvalue weighted by Gasteiger charge is 2.21. The van der Waals surface area contributed by atoms with Crippen molar-refractivity contribution in [1.82, 2.24) is 0 Å². The van der Waals surface area contributed by atoms with Crippen LogP contribution in [0.4, 0.5) is 11.4 Å². The molecule has 1 aliphatic heterocycles. The van der Waals surface area contributed by atoms with Crippen molar-refractivity contribution in [3.05, 3.63) is 47.5 Å². The van der Waals surface area contributed by atoms with Gasteiger partial charge in [-0.25, -0.2) is 8.42 Å².